The second-order valence-electron chi connectivity index (χ2n) is 7.86. The summed E-state index contributed by atoms with van der Waals surface area (Å²) in [6, 6.07) is 15.4. The van der Waals surface area contributed by atoms with Crippen LogP contribution in [0.2, 0.25) is 0 Å². The van der Waals surface area contributed by atoms with E-state index in [-0.39, 0.29) is 0 Å². The number of nitrogens with two attached hydrogens (primary N) is 1. The van der Waals surface area contributed by atoms with Gasteiger partial charge in [0.1, 0.15) is 11.8 Å². The Labute approximate surface area is 194 Å². The summed E-state index contributed by atoms with van der Waals surface area (Å²) in [5, 5.41) is 7.97. The number of anilines is 2. The van der Waals surface area contributed by atoms with Gasteiger partial charge in [-0.25, -0.2) is 4.68 Å². The molecule has 0 saturated carbocycles. The number of nitrogens with one attached hydrogen (secondary N) is 1. The number of allylic oxidation sites excluding steroid dienone is 1. The van der Waals surface area contributed by atoms with Crippen LogP contribution < -0.4 is 20.7 Å². The Morgan fingerprint density at radius 3 is 2.33 bits per heavy atom. The first kappa shape index (κ1) is 22.4. The summed E-state index contributed by atoms with van der Waals surface area (Å²) >= 11 is 0. The fourth-order valence-corrected chi connectivity index (χ4v) is 4.22. The summed E-state index contributed by atoms with van der Waals surface area (Å²) in [5.74, 6) is 1.42. The SMILES string of the molecule is CCOc1ccc(C2C(C(N)=O)=C(C)Nc3nc(-c4ccc(N(CC)CC)cc4)nn32)cc1. The van der Waals surface area contributed by atoms with E-state index in [0.717, 1.165) is 35.7 Å². The first-order chi connectivity index (χ1) is 16.0. The number of primary amides is 1. The third-order valence-corrected chi connectivity index (χ3v) is 5.88. The van der Waals surface area contributed by atoms with E-state index in [1.165, 1.54) is 0 Å². The third kappa shape index (κ3) is 4.28. The second-order valence-corrected chi connectivity index (χ2v) is 7.86. The van der Waals surface area contributed by atoms with E-state index in [0.29, 0.717) is 29.6 Å². The van der Waals surface area contributed by atoms with Gasteiger partial charge < -0.3 is 20.7 Å². The molecule has 3 aromatic rings. The van der Waals surface area contributed by atoms with Crippen molar-refractivity contribution in [2.24, 2.45) is 5.73 Å². The van der Waals surface area contributed by atoms with E-state index in [4.69, 9.17) is 20.6 Å². The molecule has 1 atom stereocenters. The predicted molar refractivity (Wildman–Crippen MR) is 130 cm³/mol. The highest BCUT2D eigenvalue weighted by molar-refractivity contribution is 5.95. The Balaban J connectivity index is 1.74. The van der Waals surface area contributed by atoms with Gasteiger partial charge in [0.15, 0.2) is 5.82 Å². The molecular formula is C25H30N6O2. The van der Waals surface area contributed by atoms with Crippen LogP contribution in [0.15, 0.2) is 59.8 Å². The predicted octanol–water partition coefficient (Wildman–Crippen LogP) is 3.96. The minimum atomic E-state index is -0.495. The molecule has 0 spiro atoms. The lowest BCUT2D eigenvalue weighted by atomic mass is 9.95. The van der Waals surface area contributed by atoms with E-state index in [1.807, 2.05) is 50.2 Å². The number of hydrogen-bond acceptors (Lipinski definition) is 6. The monoisotopic (exact) mass is 446 g/mol. The second kappa shape index (κ2) is 9.36. The lowest BCUT2D eigenvalue weighted by Crippen LogP contribution is -2.31. The molecule has 0 radical (unpaired) electrons. The minimum absolute atomic E-state index is 0.458. The van der Waals surface area contributed by atoms with E-state index in [9.17, 15) is 4.79 Å². The number of amides is 1. The summed E-state index contributed by atoms with van der Waals surface area (Å²) in [6.45, 7) is 10.5. The van der Waals surface area contributed by atoms with Gasteiger partial charge in [0.05, 0.1) is 12.2 Å². The van der Waals surface area contributed by atoms with Crippen LogP contribution in [0.5, 0.6) is 5.75 Å². The van der Waals surface area contributed by atoms with Gasteiger partial charge in [-0.05, 0) is 69.7 Å². The van der Waals surface area contributed by atoms with Crippen molar-refractivity contribution >= 4 is 17.5 Å². The highest BCUT2D eigenvalue weighted by Gasteiger charge is 2.33. The van der Waals surface area contributed by atoms with Crippen LogP contribution >= 0.6 is 0 Å². The Hall–Kier alpha value is -3.81. The molecule has 3 N–H and O–H groups in total. The van der Waals surface area contributed by atoms with E-state index in [1.54, 1.807) is 4.68 Å². The molecule has 0 saturated heterocycles. The normalized spacial score (nSPS) is 15.1. The number of carbonyl (C=O) groups is 1. The number of benzene rings is 2. The lowest BCUT2D eigenvalue weighted by Gasteiger charge is -2.27. The fourth-order valence-electron chi connectivity index (χ4n) is 4.22. The summed E-state index contributed by atoms with van der Waals surface area (Å²) in [5.41, 5.74) is 9.85. The topological polar surface area (TPSA) is 98.3 Å². The average Bonchev–Trinajstić information content (AvgIpc) is 3.23. The van der Waals surface area contributed by atoms with E-state index in [2.05, 4.69) is 36.2 Å². The number of nitrogens with zero attached hydrogens (tertiary/aromatic N) is 4. The minimum Gasteiger partial charge on any atom is -0.494 e. The molecule has 1 unspecified atom stereocenters. The first-order valence-electron chi connectivity index (χ1n) is 11.3. The van der Waals surface area contributed by atoms with Gasteiger partial charge in [0.2, 0.25) is 11.9 Å². The van der Waals surface area contributed by atoms with Gasteiger partial charge in [-0.3, -0.25) is 4.79 Å². The molecule has 2 aromatic carbocycles. The number of fused-ring (bicyclic) bond motifs is 1. The van der Waals surface area contributed by atoms with Crippen molar-refractivity contribution in [2.75, 3.05) is 29.9 Å². The molecule has 1 aliphatic rings. The highest BCUT2D eigenvalue weighted by atomic mass is 16.5. The van der Waals surface area contributed by atoms with Crippen molar-refractivity contribution in [3.8, 4) is 17.1 Å². The number of carbonyl (C=O) groups excluding carboxylic acids is 1. The van der Waals surface area contributed by atoms with Gasteiger partial charge in [-0.1, -0.05) is 12.1 Å². The van der Waals surface area contributed by atoms with E-state index < -0.39 is 11.9 Å². The van der Waals surface area contributed by atoms with Crippen LogP contribution in [0, 0.1) is 0 Å². The third-order valence-electron chi connectivity index (χ3n) is 5.88. The maximum atomic E-state index is 12.4. The molecule has 33 heavy (non-hydrogen) atoms. The Morgan fingerprint density at radius 1 is 1.09 bits per heavy atom. The highest BCUT2D eigenvalue weighted by Crippen LogP contribution is 2.36. The average molecular weight is 447 g/mol. The molecule has 172 valence electrons. The smallest absolute Gasteiger partial charge is 0.248 e. The summed E-state index contributed by atoms with van der Waals surface area (Å²) in [4.78, 5) is 19.4. The van der Waals surface area contributed by atoms with Crippen LogP contribution in [0.4, 0.5) is 11.6 Å². The van der Waals surface area contributed by atoms with Crippen LogP contribution in [-0.4, -0.2) is 40.4 Å². The molecule has 8 nitrogen and oxygen atoms in total. The van der Waals surface area contributed by atoms with Crippen LogP contribution in [-0.2, 0) is 4.79 Å². The Morgan fingerprint density at radius 2 is 1.76 bits per heavy atom. The van der Waals surface area contributed by atoms with E-state index >= 15 is 0 Å². The molecule has 0 bridgehead atoms. The number of hydrogen-bond donors (Lipinski definition) is 2. The fraction of sp³-hybridized carbons (Fsp3) is 0.320. The molecule has 0 fully saturated rings. The summed E-state index contributed by atoms with van der Waals surface area (Å²) in [7, 11) is 0. The number of rotatable bonds is 8. The number of aromatic nitrogens is 3. The Bertz CT molecular complexity index is 1160. The van der Waals surface area contributed by atoms with Crippen molar-refractivity contribution in [2.45, 2.75) is 33.7 Å². The maximum Gasteiger partial charge on any atom is 0.248 e. The van der Waals surface area contributed by atoms with Crippen molar-refractivity contribution in [1.82, 2.24) is 14.8 Å². The molecule has 8 heteroatoms. The zero-order valence-electron chi connectivity index (χ0n) is 19.5. The van der Waals surface area contributed by atoms with Crippen LogP contribution in [0.1, 0.15) is 39.3 Å². The van der Waals surface area contributed by atoms with Gasteiger partial charge in [0.25, 0.3) is 0 Å². The molecular weight excluding hydrogens is 416 g/mol. The van der Waals surface area contributed by atoms with Gasteiger partial charge in [0, 0.05) is 30.0 Å². The molecule has 0 aliphatic carbocycles. The largest absolute Gasteiger partial charge is 0.494 e. The van der Waals surface area contributed by atoms with Crippen LogP contribution in [0.25, 0.3) is 11.4 Å². The van der Waals surface area contributed by atoms with Crippen molar-refractivity contribution in [3.63, 3.8) is 0 Å². The van der Waals surface area contributed by atoms with Crippen molar-refractivity contribution in [1.29, 1.82) is 0 Å². The van der Waals surface area contributed by atoms with Gasteiger partial charge in [-0.15, -0.1) is 5.10 Å². The van der Waals surface area contributed by atoms with Crippen LogP contribution in [0.3, 0.4) is 0 Å². The Kier molecular flexibility index (Phi) is 6.35. The molecule has 2 heterocycles. The summed E-state index contributed by atoms with van der Waals surface area (Å²) < 4.78 is 7.30. The molecule has 1 amide bonds. The molecule has 1 aliphatic heterocycles. The first-order valence-corrected chi connectivity index (χ1v) is 11.3. The molecule has 4 rings (SSSR count). The maximum absolute atomic E-state index is 12.4. The summed E-state index contributed by atoms with van der Waals surface area (Å²) in [6.07, 6.45) is 0. The molecule has 1 aromatic heterocycles. The standard InChI is InChI=1S/C25H30N6O2/c1-5-30(6-2)19-12-8-18(9-13-19)24-28-25-27-16(4)21(23(26)32)22(31(25)29-24)17-10-14-20(15-11-17)33-7-3/h8-15,22H,5-7H2,1-4H3,(H2,26,32)(H,27,28,29). The van der Waals surface area contributed by atoms with Crippen molar-refractivity contribution < 1.29 is 9.53 Å². The number of ether oxygens (including phenoxy) is 1. The zero-order chi connectivity index (χ0) is 23.5. The quantitative estimate of drug-likeness (QED) is 0.543. The van der Waals surface area contributed by atoms with Gasteiger partial charge in [-0.2, -0.15) is 4.98 Å². The van der Waals surface area contributed by atoms with Crippen molar-refractivity contribution in [3.05, 3.63) is 65.4 Å². The zero-order valence-corrected chi connectivity index (χ0v) is 19.5. The lowest BCUT2D eigenvalue weighted by molar-refractivity contribution is -0.115. The van der Waals surface area contributed by atoms with Gasteiger partial charge >= 0.3 is 0 Å².